The van der Waals surface area contributed by atoms with E-state index in [0.29, 0.717) is 50.3 Å². The van der Waals surface area contributed by atoms with Crippen LogP contribution in [0.5, 0.6) is 5.75 Å². The number of ether oxygens (including phenoxy) is 2. The van der Waals surface area contributed by atoms with Gasteiger partial charge in [0, 0.05) is 31.7 Å². The van der Waals surface area contributed by atoms with Gasteiger partial charge < -0.3 is 24.4 Å². The summed E-state index contributed by atoms with van der Waals surface area (Å²) in [6.45, 7) is 6.46. The van der Waals surface area contributed by atoms with Crippen molar-refractivity contribution in [3.63, 3.8) is 0 Å². The summed E-state index contributed by atoms with van der Waals surface area (Å²) in [6.07, 6.45) is -1.30. The minimum absolute atomic E-state index is 0.0270. The Morgan fingerprint density at radius 2 is 1.49 bits per heavy atom. The maximum atomic E-state index is 13.9. The molecule has 0 spiro atoms. The zero-order valence-corrected chi connectivity index (χ0v) is 23.9. The van der Waals surface area contributed by atoms with Gasteiger partial charge in [0.25, 0.3) is 0 Å². The topological polar surface area (TPSA) is 79.3 Å². The van der Waals surface area contributed by atoms with Crippen molar-refractivity contribution in [2.75, 3.05) is 26.2 Å². The smallest absolute Gasteiger partial charge is 0.416 e. The Kier molecular flexibility index (Phi) is 9.21. The second kappa shape index (κ2) is 12.3. The standard InChI is InChI=1S/C31H39F3N2O5/c1-29(2,3)41-28(38)36-19-17-35(18-20-36)27(37)26(30(39)15-7-4-8-16-30)22-11-13-24(14-12-22)40-21-23-9-5-6-10-25(23)31(32,33)34/h5-6,9-14,26,39H,4,7-8,15-21H2,1-3H3. The lowest BCUT2D eigenvalue weighted by Crippen LogP contribution is -2.55. The Bertz CT molecular complexity index is 1200. The van der Waals surface area contributed by atoms with Crippen molar-refractivity contribution < 1.29 is 37.3 Å². The molecule has 2 amide bonds. The molecule has 0 bridgehead atoms. The monoisotopic (exact) mass is 576 g/mol. The van der Waals surface area contributed by atoms with Gasteiger partial charge in [-0.25, -0.2) is 4.79 Å². The third-order valence-electron chi connectivity index (χ3n) is 7.68. The number of carbonyl (C=O) groups is 2. The minimum Gasteiger partial charge on any atom is -0.489 e. The molecule has 1 aliphatic heterocycles. The molecule has 41 heavy (non-hydrogen) atoms. The number of amides is 2. The van der Waals surface area contributed by atoms with Gasteiger partial charge in [-0.05, 0) is 57.4 Å². The minimum atomic E-state index is -4.48. The summed E-state index contributed by atoms with van der Waals surface area (Å²) in [5, 5.41) is 11.7. The van der Waals surface area contributed by atoms with Crippen molar-refractivity contribution in [3.05, 3.63) is 65.2 Å². The number of nitrogens with zero attached hydrogens (tertiary/aromatic N) is 2. The SMILES string of the molecule is CC(C)(C)OC(=O)N1CCN(C(=O)C(c2ccc(OCc3ccccc3C(F)(F)F)cc2)C2(O)CCCCC2)CC1. The van der Waals surface area contributed by atoms with Gasteiger partial charge in [-0.15, -0.1) is 0 Å². The van der Waals surface area contributed by atoms with E-state index < -0.39 is 35.0 Å². The lowest BCUT2D eigenvalue weighted by Gasteiger charge is -2.43. The molecule has 224 valence electrons. The van der Waals surface area contributed by atoms with Crippen LogP contribution in [0.15, 0.2) is 48.5 Å². The number of hydrogen-bond acceptors (Lipinski definition) is 5. The molecule has 1 saturated heterocycles. The molecule has 1 saturated carbocycles. The van der Waals surface area contributed by atoms with E-state index in [2.05, 4.69) is 0 Å². The predicted octanol–water partition coefficient (Wildman–Crippen LogP) is 6.14. The number of benzene rings is 2. The summed E-state index contributed by atoms with van der Waals surface area (Å²) in [5.41, 5.74) is -1.92. The van der Waals surface area contributed by atoms with E-state index in [4.69, 9.17) is 9.47 Å². The largest absolute Gasteiger partial charge is 0.489 e. The highest BCUT2D eigenvalue weighted by Crippen LogP contribution is 2.42. The van der Waals surface area contributed by atoms with E-state index in [1.807, 2.05) is 0 Å². The lowest BCUT2D eigenvalue weighted by atomic mass is 9.72. The van der Waals surface area contributed by atoms with Crippen molar-refractivity contribution >= 4 is 12.0 Å². The van der Waals surface area contributed by atoms with Crippen LogP contribution in [-0.4, -0.2) is 64.3 Å². The first-order chi connectivity index (χ1) is 19.3. The van der Waals surface area contributed by atoms with Gasteiger partial charge in [-0.2, -0.15) is 13.2 Å². The van der Waals surface area contributed by atoms with E-state index in [1.54, 1.807) is 54.8 Å². The van der Waals surface area contributed by atoms with Crippen LogP contribution in [0.1, 0.15) is 75.5 Å². The molecule has 2 fully saturated rings. The van der Waals surface area contributed by atoms with Crippen molar-refractivity contribution in [3.8, 4) is 5.75 Å². The fraction of sp³-hybridized carbons (Fsp3) is 0.548. The molecule has 2 aromatic carbocycles. The predicted molar refractivity (Wildman–Crippen MR) is 147 cm³/mol. The summed E-state index contributed by atoms with van der Waals surface area (Å²) in [7, 11) is 0. The van der Waals surface area contributed by atoms with Gasteiger partial charge in [-0.1, -0.05) is 49.6 Å². The summed E-state index contributed by atoms with van der Waals surface area (Å²) in [5.74, 6) is -0.652. The van der Waals surface area contributed by atoms with Crippen LogP contribution in [-0.2, 0) is 22.3 Å². The fourth-order valence-electron chi connectivity index (χ4n) is 5.59. The summed E-state index contributed by atoms with van der Waals surface area (Å²) in [6, 6.07) is 11.9. The van der Waals surface area contributed by atoms with Gasteiger partial charge in [0.2, 0.25) is 5.91 Å². The third kappa shape index (κ3) is 7.72. The van der Waals surface area contributed by atoms with Gasteiger partial charge in [-0.3, -0.25) is 4.79 Å². The number of rotatable bonds is 6. The van der Waals surface area contributed by atoms with Crippen molar-refractivity contribution in [2.24, 2.45) is 0 Å². The molecule has 2 aromatic rings. The van der Waals surface area contributed by atoms with E-state index in [0.717, 1.165) is 25.3 Å². The van der Waals surface area contributed by atoms with Crippen LogP contribution in [0, 0.1) is 0 Å². The van der Waals surface area contributed by atoms with Gasteiger partial charge in [0.05, 0.1) is 17.1 Å². The number of aliphatic hydroxyl groups is 1. The van der Waals surface area contributed by atoms with E-state index >= 15 is 0 Å². The van der Waals surface area contributed by atoms with Crippen LogP contribution >= 0.6 is 0 Å². The highest BCUT2D eigenvalue weighted by molar-refractivity contribution is 5.85. The van der Waals surface area contributed by atoms with Crippen LogP contribution in [0.4, 0.5) is 18.0 Å². The average Bonchev–Trinajstić information content (AvgIpc) is 2.92. The number of halogens is 3. The zero-order chi connectivity index (χ0) is 29.8. The Hall–Kier alpha value is -3.27. The average molecular weight is 577 g/mol. The van der Waals surface area contributed by atoms with Gasteiger partial charge in [0.1, 0.15) is 18.0 Å². The van der Waals surface area contributed by atoms with Crippen LogP contribution < -0.4 is 4.74 Å². The first-order valence-corrected chi connectivity index (χ1v) is 14.1. The second-order valence-corrected chi connectivity index (χ2v) is 11.9. The molecule has 0 radical (unpaired) electrons. The zero-order valence-electron chi connectivity index (χ0n) is 23.9. The third-order valence-corrected chi connectivity index (χ3v) is 7.68. The van der Waals surface area contributed by atoms with Crippen LogP contribution in [0.25, 0.3) is 0 Å². The van der Waals surface area contributed by atoms with E-state index in [9.17, 15) is 27.9 Å². The summed E-state index contributed by atoms with van der Waals surface area (Å²) < 4.78 is 51.2. The molecule has 1 heterocycles. The van der Waals surface area contributed by atoms with Crippen LogP contribution in [0.2, 0.25) is 0 Å². The molecule has 1 atom stereocenters. The quantitative estimate of drug-likeness (QED) is 0.447. The molecule has 1 N–H and O–H groups in total. The van der Waals surface area contributed by atoms with E-state index in [1.165, 1.54) is 18.2 Å². The molecule has 0 aromatic heterocycles. The van der Waals surface area contributed by atoms with E-state index in [-0.39, 0.29) is 18.1 Å². The Morgan fingerprint density at radius 3 is 2.07 bits per heavy atom. The molecule has 2 aliphatic rings. The molecule has 4 rings (SSSR count). The van der Waals surface area contributed by atoms with Crippen molar-refractivity contribution in [1.82, 2.24) is 9.80 Å². The Labute approximate surface area is 239 Å². The number of piperazine rings is 1. The highest BCUT2D eigenvalue weighted by atomic mass is 19.4. The number of alkyl halides is 3. The Balaban J connectivity index is 1.48. The first kappa shape index (κ1) is 30.7. The summed E-state index contributed by atoms with van der Waals surface area (Å²) >= 11 is 0. The van der Waals surface area contributed by atoms with Gasteiger partial charge >= 0.3 is 12.3 Å². The van der Waals surface area contributed by atoms with Gasteiger partial charge in [0.15, 0.2) is 0 Å². The molecular formula is C31H39F3N2O5. The summed E-state index contributed by atoms with van der Waals surface area (Å²) in [4.78, 5) is 29.7. The molecular weight excluding hydrogens is 537 g/mol. The maximum Gasteiger partial charge on any atom is 0.416 e. The van der Waals surface area contributed by atoms with Crippen molar-refractivity contribution in [2.45, 2.75) is 82.8 Å². The fourth-order valence-corrected chi connectivity index (χ4v) is 5.59. The normalized spacial score (nSPS) is 18.5. The molecule has 1 unspecified atom stereocenters. The number of hydrogen-bond donors (Lipinski definition) is 1. The second-order valence-electron chi connectivity index (χ2n) is 11.9. The maximum absolute atomic E-state index is 13.9. The first-order valence-electron chi connectivity index (χ1n) is 14.1. The molecule has 1 aliphatic carbocycles. The van der Waals surface area contributed by atoms with Crippen molar-refractivity contribution in [1.29, 1.82) is 0 Å². The van der Waals surface area contributed by atoms with Crippen LogP contribution in [0.3, 0.4) is 0 Å². The highest BCUT2D eigenvalue weighted by Gasteiger charge is 2.45. The molecule has 10 heteroatoms. The Morgan fingerprint density at radius 1 is 0.902 bits per heavy atom. The number of carbonyl (C=O) groups excluding carboxylic acids is 2. The molecule has 7 nitrogen and oxygen atoms in total. The lowest BCUT2D eigenvalue weighted by molar-refractivity contribution is -0.143.